The third-order valence-corrected chi connectivity index (χ3v) is 6.91. The molecular formula is C22H21BrCl2N4O3S. The topological polar surface area (TPSA) is 86.1 Å². The van der Waals surface area contributed by atoms with Crippen LogP contribution in [0.3, 0.4) is 0 Å². The summed E-state index contributed by atoms with van der Waals surface area (Å²) in [5.74, 6) is 1.38. The smallest absolute Gasteiger partial charge is 0.216 e. The Bertz CT molecular complexity index is 1170. The minimum absolute atomic E-state index is 0.0563. The lowest BCUT2D eigenvalue weighted by Gasteiger charge is -2.11. The average Bonchev–Trinajstić information content (AvgIpc) is 3.19. The number of ketones is 1. The molecule has 0 aliphatic heterocycles. The molecule has 0 bridgehead atoms. The van der Waals surface area contributed by atoms with E-state index in [0.29, 0.717) is 56.2 Å². The minimum Gasteiger partial charge on any atom is -0.496 e. The normalized spacial score (nSPS) is 10.8. The van der Waals surface area contributed by atoms with Crippen molar-refractivity contribution in [2.75, 3.05) is 19.4 Å². The quantitative estimate of drug-likeness (QED) is 0.199. The van der Waals surface area contributed by atoms with Crippen molar-refractivity contribution in [3.8, 4) is 11.4 Å². The van der Waals surface area contributed by atoms with Crippen LogP contribution in [0.25, 0.3) is 5.69 Å². The van der Waals surface area contributed by atoms with Gasteiger partial charge >= 0.3 is 0 Å². The lowest BCUT2D eigenvalue weighted by Crippen LogP contribution is -2.21. The standard InChI is InChI=1S/C22H21BrCl2N4O3S/c1-13(30)26-9-3-4-21-27-28-22(29(21)15-6-7-17(24)18(25)11-15)33-12-19(31)14-5-8-20(32-2)16(23)10-14/h5-8,10-11H,3-4,9,12H2,1-2H3,(H,26,30). The molecule has 174 valence electrons. The third kappa shape index (κ3) is 6.72. The van der Waals surface area contributed by atoms with Crippen molar-refractivity contribution < 1.29 is 14.3 Å². The van der Waals surface area contributed by atoms with E-state index in [2.05, 4.69) is 31.4 Å². The number of methoxy groups -OCH3 is 1. The fourth-order valence-electron chi connectivity index (χ4n) is 3.00. The lowest BCUT2D eigenvalue weighted by molar-refractivity contribution is -0.118. The van der Waals surface area contributed by atoms with Crippen molar-refractivity contribution >= 4 is 62.6 Å². The first kappa shape index (κ1) is 25.6. The van der Waals surface area contributed by atoms with Gasteiger partial charge in [-0.2, -0.15) is 0 Å². The number of rotatable bonds is 10. The highest BCUT2D eigenvalue weighted by Gasteiger charge is 2.18. The van der Waals surface area contributed by atoms with Crippen LogP contribution in [0.5, 0.6) is 5.75 Å². The Labute approximate surface area is 214 Å². The second-order valence-corrected chi connectivity index (χ2v) is 9.59. The number of ether oxygens (including phenoxy) is 1. The maximum absolute atomic E-state index is 12.8. The van der Waals surface area contributed by atoms with E-state index in [-0.39, 0.29) is 17.4 Å². The van der Waals surface area contributed by atoms with Crippen molar-refractivity contribution in [3.63, 3.8) is 0 Å². The van der Waals surface area contributed by atoms with Gasteiger partial charge in [0.1, 0.15) is 11.6 Å². The van der Waals surface area contributed by atoms with Crippen LogP contribution in [0, 0.1) is 0 Å². The summed E-state index contributed by atoms with van der Waals surface area (Å²) >= 11 is 17.0. The highest BCUT2D eigenvalue weighted by Crippen LogP contribution is 2.30. The molecule has 1 amide bonds. The van der Waals surface area contributed by atoms with Gasteiger partial charge in [-0.05, 0) is 58.7 Å². The molecule has 0 aliphatic carbocycles. The van der Waals surface area contributed by atoms with Crippen LogP contribution in [-0.2, 0) is 11.2 Å². The molecule has 33 heavy (non-hydrogen) atoms. The number of aromatic nitrogens is 3. The molecule has 0 saturated heterocycles. The van der Waals surface area contributed by atoms with E-state index in [1.54, 1.807) is 37.4 Å². The number of hydrogen-bond donors (Lipinski definition) is 1. The van der Waals surface area contributed by atoms with Gasteiger partial charge in [-0.15, -0.1) is 10.2 Å². The van der Waals surface area contributed by atoms with E-state index in [4.69, 9.17) is 27.9 Å². The Morgan fingerprint density at radius 2 is 1.94 bits per heavy atom. The van der Waals surface area contributed by atoms with E-state index in [1.807, 2.05) is 10.6 Å². The highest BCUT2D eigenvalue weighted by atomic mass is 79.9. The SMILES string of the molecule is COc1ccc(C(=O)CSc2nnc(CCCNC(C)=O)n2-c2ccc(Cl)c(Cl)c2)cc1Br. The van der Waals surface area contributed by atoms with Crippen LogP contribution in [0.2, 0.25) is 10.0 Å². The van der Waals surface area contributed by atoms with Crippen LogP contribution in [0.1, 0.15) is 29.5 Å². The summed E-state index contributed by atoms with van der Waals surface area (Å²) in [6.45, 7) is 2.00. The number of carbonyl (C=O) groups is 2. The largest absolute Gasteiger partial charge is 0.496 e. The van der Waals surface area contributed by atoms with Gasteiger partial charge in [0.25, 0.3) is 0 Å². The first-order valence-electron chi connectivity index (χ1n) is 9.94. The fraction of sp³-hybridized carbons (Fsp3) is 0.273. The van der Waals surface area contributed by atoms with Crippen molar-refractivity contribution in [3.05, 3.63) is 62.3 Å². The summed E-state index contributed by atoms with van der Waals surface area (Å²) in [5.41, 5.74) is 1.30. The molecule has 0 saturated carbocycles. The highest BCUT2D eigenvalue weighted by molar-refractivity contribution is 9.10. The number of benzene rings is 2. The van der Waals surface area contributed by atoms with Gasteiger partial charge in [0.15, 0.2) is 10.9 Å². The van der Waals surface area contributed by atoms with E-state index >= 15 is 0 Å². The van der Waals surface area contributed by atoms with Gasteiger partial charge in [0, 0.05) is 25.5 Å². The number of hydrogen-bond acceptors (Lipinski definition) is 6. The molecule has 3 rings (SSSR count). The van der Waals surface area contributed by atoms with E-state index in [0.717, 1.165) is 5.69 Å². The molecule has 0 unspecified atom stereocenters. The Balaban J connectivity index is 1.81. The van der Waals surface area contributed by atoms with Crippen LogP contribution < -0.4 is 10.1 Å². The molecule has 1 heterocycles. The second-order valence-electron chi connectivity index (χ2n) is 6.98. The Morgan fingerprint density at radius 1 is 1.15 bits per heavy atom. The molecule has 2 aromatic carbocycles. The monoisotopic (exact) mass is 570 g/mol. The number of thioether (sulfide) groups is 1. The molecule has 0 atom stereocenters. The molecule has 11 heteroatoms. The Morgan fingerprint density at radius 3 is 2.61 bits per heavy atom. The molecule has 0 aliphatic rings. The van der Waals surface area contributed by atoms with Crippen LogP contribution >= 0.6 is 50.9 Å². The zero-order valence-corrected chi connectivity index (χ0v) is 21.8. The Kier molecular flexibility index (Phi) is 9.19. The second kappa shape index (κ2) is 11.9. The summed E-state index contributed by atoms with van der Waals surface area (Å²) in [5, 5.41) is 12.8. The molecule has 7 nitrogen and oxygen atoms in total. The molecule has 0 fully saturated rings. The number of amides is 1. The molecule has 1 aromatic heterocycles. The predicted molar refractivity (Wildman–Crippen MR) is 134 cm³/mol. The van der Waals surface area contributed by atoms with Crippen LogP contribution in [0.4, 0.5) is 0 Å². The summed E-state index contributed by atoms with van der Waals surface area (Å²) < 4.78 is 7.79. The maximum atomic E-state index is 12.8. The summed E-state index contributed by atoms with van der Waals surface area (Å²) in [6.07, 6.45) is 1.26. The van der Waals surface area contributed by atoms with Gasteiger partial charge in [-0.25, -0.2) is 0 Å². The van der Waals surface area contributed by atoms with E-state index < -0.39 is 0 Å². The number of nitrogens with one attached hydrogen (secondary N) is 1. The first-order chi connectivity index (χ1) is 15.8. The fourth-order valence-corrected chi connectivity index (χ4v) is 4.70. The van der Waals surface area contributed by atoms with Gasteiger partial charge in [0.05, 0.1) is 33.1 Å². The molecule has 3 aromatic rings. The third-order valence-electron chi connectivity index (χ3n) is 4.62. The summed E-state index contributed by atoms with van der Waals surface area (Å²) in [6, 6.07) is 10.5. The van der Waals surface area contributed by atoms with Crippen molar-refractivity contribution in [2.45, 2.75) is 24.9 Å². The predicted octanol–water partition coefficient (Wildman–Crippen LogP) is 5.39. The molecular weight excluding hydrogens is 551 g/mol. The Hall–Kier alpha value is -2.07. The van der Waals surface area contributed by atoms with Crippen molar-refractivity contribution in [1.29, 1.82) is 0 Å². The van der Waals surface area contributed by atoms with Crippen molar-refractivity contribution in [1.82, 2.24) is 20.1 Å². The van der Waals surface area contributed by atoms with Crippen LogP contribution in [-0.4, -0.2) is 45.9 Å². The minimum atomic E-state index is -0.0825. The molecule has 0 spiro atoms. The van der Waals surface area contributed by atoms with Gasteiger partial charge in [-0.3, -0.25) is 14.2 Å². The average molecular weight is 572 g/mol. The number of aryl methyl sites for hydroxylation is 1. The molecule has 1 N–H and O–H groups in total. The van der Waals surface area contributed by atoms with E-state index in [1.165, 1.54) is 18.7 Å². The summed E-state index contributed by atoms with van der Waals surface area (Å²) in [4.78, 5) is 23.9. The van der Waals surface area contributed by atoms with E-state index in [9.17, 15) is 9.59 Å². The number of carbonyl (C=O) groups excluding carboxylic acids is 2. The zero-order valence-electron chi connectivity index (χ0n) is 17.9. The molecule has 0 radical (unpaired) electrons. The zero-order chi connectivity index (χ0) is 24.0. The number of nitrogens with zero attached hydrogens (tertiary/aromatic N) is 3. The first-order valence-corrected chi connectivity index (χ1v) is 12.5. The maximum Gasteiger partial charge on any atom is 0.216 e. The van der Waals surface area contributed by atoms with Gasteiger partial charge in [0.2, 0.25) is 5.91 Å². The van der Waals surface area contributed by atoms with Gasteiger partial charge < -0.3 is 10.1 Å². The van der Waals surface area contributed by atoms with Gasteiger partial charge in [-0.1, -0.05) is 35.0 Å². The van der Waals surface area contributed by atoms with Crippen molar-refractivity contribution in [2.24, 2.45) is 0 Å². The summed E-state index contributed by atoms with van der Waals surface area (Å²) in [7, 11) is 1.57. The number of Topliss-reactive ketones (excluding diaryl/α,β-unsaturated/α-hetero) is 1. The van der Waals surface area contributed by atoms with Crippen LogP contribution in [0.15, 0.2) is 46.0 Å². The number of halogens is 3. The lowest BCUT2D eigenvalue weighted by atomic mass is 10.1.